The molecule has 2 unspecified atom stereocenters. The molecule has 2 heterocycles. The molecule has 1 N–H and O–H groups in total. The van der Waals surface area contributed by atoms with Gasteiger partial charge in [-0.3, -0.25) is 9.98 Å². The summed E-state index contributed by atoms with van der Waals surface area (Å²) < 4.78 is 0. The molecule has 0 bridgehead atoms. The number of hydrogen-bond acceptors (Lipinski definition) is 4. The van der Waals surface area contributed by atoms with Gasteiger partial charge >= 0.3 is 0 Å². The molecule has 340 valence electrons. The van der Waals surface area contributed by atoms with Crippen LogP contribution in [0, 0.1) is 0 Å². The van der Waals surface area contributed by atoms with E-state index < -0.39 is 8.07 Å². The number of fused-ring (bicyclic) bond motifs is 1. The largest absolute Gasteiger partial charge is 0.507 e. The monoisotopic (exact) mass is 890 g/mol. The predicted molar refractivity (Wildman–Crippen MR) is 287 cm³/mol. The van der Waals surface area contributed by atoms with Crippen LogP contribution in [0.15, 0.2) is 145 Å². The first kappa shape index (κ1) is 46.7. The first-order valence-electron chi connectivity index (χ1n) is 23.9. The first-order valence-corrected chi connectivity index (χ1v) is 27.4. The number of amidine groups is 1. The highest BCUT2D eigenvalue weighted by atomic mass is 28.3. The number of aliphatic imine (C=N–C) groups is 1. The van der Waals surface area contributed by atoms with Crippen molar-refractivity contribution >= 4 is 30.4 Å². The van der Waals surface area contributed by atoms with Crippen LogP contribution in [0.2, 0.25) is 19.6 Å². The van der Waals surface area contributed by atoms with Crippen LogP contribution in [-0.4, -0.2) is 36.1 Å². The van der Waals surface area contributed by atoms with Gasteiger partial charge in [0.25, 0.3) is 0 Å². The Morgan fingerprint density at radius 2 is 1.17 bits per heavy atom. The van der Waals surface area contributed by atoms with Crippen LogP contribution in [0.1, 0.15) is 116 Å². The molecule has 0 radical (unpaired) electrons. The quantitative estimate of drug-likeness (QED) is 0.163. The topological polar surface area (TPSA) is 48.7 Å². The maximum atomic E-state index is 12.6. The van der Waals surface area contributed by atoms with Gasteiger partial charge in [-0.15, -0.1) is 0 Å². The summed E-state index contributed by atoms with van der Waals surface area (Å²) in [5.74, 6) is 1.07. The van der Waals surface area contributed by atoms with E-state index in [1.807, 2.05) is 6.20 Å². The van der Waals surface area contributed by atoms with Crippen molar-refractivity contribution in [2.24, 2.45) is 4.99 Å². The molecule has 0 saturated carbocycles. The molecule has 5 heteroatoms. The highest BCUT2D eigenvalue weighted by Crippen LogP contribution is 2.47. The Bertz CT molecular complexity index is 2900. The summed E-state index contributed by atoms with van der Waals surface area (Å²) in [6.07, 6.45) is 8.76. The van der Waals surface area contributed by atoms with Crippen molar-refractivity contribution in [1.82, 2.24) is 4.98 Å². The van der Waals surface area contributed by atoms with Crippen LogP contribution in [0.3, 0.4) is 0 Å². The Kier molecular flexibility index (Phi) is 11.9. The van der Waals surface area contributed by atoms with Crippen LogP contribution < -0.4 is 10.1 Å². The SMILES string of the molecule is CC(C)(C)c1cc(C2=CC=CC3C2N=C(c2cc(C(C)(C)C)cc(C(C)(C)C)c2O)N3c2ccc(C(C)(C)C)cc2-c2ccccc2)cc(-c2cc(-c3ccccc3[Si](C)(C)C)ccn2)c1. The number of nitrogens with zero attached hydrogens (tertiary/aromatic N) is 3. The van der Waals surface area contributed by atoms with Crippen molar-refractivity contribution < 1.29 is 5.11 Å². The van der Waals surface area contributed by atoms with Crippen molar-refractivity contribution in [3.8, 4) is 39.3 Å². The van der Waals surface area contributed by atoms with Gasteiger partial charge in [0.05, 0.1) is 31.1 Å². The second-order valence-electron chi connectivity index (χ2n) is 23.8. The van der Waals surface area contributed by atoms with Gasteiger partial charge in [-0.2, -0.15) is 0 Å². The lowest BCUT2D eigenvalue weighted by atomic mass is 9.78. The Hall–Kier alpha value is -5.78. The standard InChI is InChI=1S/C61H71N3OSi/c1-58(2,3)43-28-29-52(48(36-43)39-22-17-16-18-23-39)64-53-26-21-25-47(55(53)63-57(64)49-37-45(60(7,8)9)38-50(56(49)65)61(10,11)12)41-32-42(34-44(33-41)59(4,5)6)51-35-40(30-31-62-51)46-24-19-20-27-54(46)66(13,14)15/h16-38,53,55,65H,1-15H3. The van der Waals surface area contributed by atoms with E-state index >= 15 is 0 Å². The molecular formula is C61H71N3OSi. The van der Waals surface area contributed by atoms with E-state index in [0.29, 0.717) is 5.75 Å². The number of phenols is 1. The van der Waals surface area contributed by atoms with Gasteiger partial charge in [-0.1, -0.05) is 199 Å². The highest BCUT2D eigenvalue weighted by molar-refractivity contribution is 6.89. The molecule has 2 aliphatic rings. The lowest BCUT2D eigenvalue weighted by Crippen LogP contribution is -2.40. The average molecular weight is 890 g/mol. The third-order valence-electron chi connectivity index (χ3n) is 13.5. The van der Waals surface area contributed by atoms with Crippen molar-refractivity contribution in [3.05, 3.63) is 173 Å². The third kappa shape index (κ3) is 9.16. The van der Waals surface area contributed by atoms with Crippen molar-refractivity contribution in [2.45, 2.75) is 136 Å². The van der Waals surface area contributed by atoms with Crippen molar-refractivity contribution in [2.75, 3.05) is 4.90 Å². The normalized spacial score (nSPS) is 16.9. The van der Waals surface area contributed by atoms with E-state index in [-0.39, 0.29) is 33.7 Å². The van der Waals surface area contributed by atoms with E-state index in [9.17, 15) is 5.11 Å². The zero-order valence-corrected chi connectivity index (χ0v) is 43.2. The van der Waals surface area contributed by atoms with Crippen LogP contribution in [0.5, 0.6) is 5.75 Å². The molecule has 2 atom stereocenters. The summed E-state index contributed by atoms with van der Waals surface area (Å²) in [6, 6.07) is 42.0. The van der Waals surface area contributed by atoms with Gasteiger partial charge < -0.3 is 10.0 Å². The summed E-state index contributed by atoms with van der Waals surface area (Å²) in [4.78, 5) is 13.3. The minimum atomic E-state index is -1.63. The molecule has 0 amide bonds. The molecule has 8 rings (SSSR count). The highest BCUT2D eigenvalue weighted by Gasteiger charge is 2.43. The predicted octanol–water partition coefficient (Wildman–Crippen LogP) is 15.2. The van der Waals surface area contributed by atoms with Gasteiger partial charge in [-0.25, -0.2) is 0 Å². The smallest absolute Gasteiger partial charge is 0.140 e. The fourth-order valence-electron chi connectivity index (χ4n) is 9.50. The Labute approximate surface area is 397 Å². The van der Waals surface area contributed by atoms with Gasteiger partial charge in [0.1, 0.15) is 17.6 Å². The number of aromatic nitrogens is 1. The van der Waals surface area contributed by atoms with Crippen molar-refractivity contribution in [3.63, 3.8) is 0 Å². The number of rotatable bonds is 7. The number of aromatic hydroxyl groups is 1. The number of pyridine rings is 1. The molecule has 1 aliphatic carbocycles. The van der Waals surface area contributed by atoms with Gasteiger partial charge in [0, 0.05) is 22.9 Å². The molecule has 5 aromatic carbocycles. The number of phenolic OH excluding ortho intramolecular Hbond substituents is 1. The summed E-state index contributed by atoms with van der Waals surface area (Å²) in [5.41, 5.74) is 14.8. The van der Waals surface area contributed by atoms with E-state index in [4.69, 9.17) is 9.98 Å². The van der Waals surface area contributed by atoms with Gasteiger partial charge in [0.15, 0.2) is 0 Å². The number of hydrogen-bond donors (Lipinski definition) is 1. The zero-order chi connectivity index (χ0) is 47.7. The molecular weight excluding hydrogens is 819 g/mol. The molecule has 6 aromatic rings. The molecule has 1 aliphatic heterocycles. The molecule has 1 aromatic heterocycles. The molecule has 0 saturated heterocycles. The number of anilines is 1. The van der Waals surface area contributed by atoms with Crippen LogP contribution >= 0.6 is 0 Å². The maximum absolute atomic E-state index is 12.6. The molecule has 4 nitrogen and oxygen atoms in total. The van der Waals surface area contributed by atoms with Crippen LogP contribution in [0.25, 0.3) is 39.1 Å². The molecule has 0 fully saturated rings. The minimum absolute atomic E-state index is 0.0596. The second-order valence-corrected chi connectivity index (χ2v) is 28.8. The average Bonchev–Trinajstić information content (AvgIpc) is 3.64. The molecule has 66 heavy (non-hydrogen) atoms. The Morgan fingerprint density at radius 1 is 0.545 bits per heavy atom. The summed E-state index contributed by atoms with van der Waals surface area (Å²) in [5, 5.41) is 14.1. The zero-order valence-electron chi connectivity index (χ0n) is 42.2. The number of benzene rings is 5. The Morgan fingerprint density at radius 3 is 1.82 bits per heavy atom. The lowest BCUT2D eigenvalue weighted by molar-refractivity contribution is 0.443. The number of allylic oxidation sites excluding steroid dienone is 2. The first-order chi connectivity index (χ1) is 30.8. The van der Waals surface area contributed by atoms with Gasteiger partial charge in [0.2, 0.25) is 0 Å². The van der Waals surface area contributed by atoms with E-state index in [1.165, 1.54) is 33.0 Å². The molecule has 0 spiro atoms. The third-order valence-corrected chi connectivity index (χ3v) is 15.5. The Balaban J connectivity index is 1.36. The maximum Gasteiger partial charge on any atom is 0.140 e. The fraction of sp³-hybridized carbons (Fsp3) is 0.344. The van der Waals surface area contributed by atoms with E-state index in [0.717, 1.165) is 56.2 Å². The van der Waals surface area contributed by atoms with Gasteiger partial charge in [-0.05, 0) is 109 Å². The lowest BCUT2D eigenvalue weighted by Gasteiger charge is -2.34. The van der Waals surface area contributed by atoms with E-state index in [2.05, 4.69) is 241 Å². The summed E-state index contributed by atoms with van der Waals surface area (Å²) >= 11 is 0. The minimum Gasteiger partial charge on any atom is -0.507 e. The van der Waals surface area contributed by atoms with E-state index in [1.54, 1.807) is 0 Å². The van der Waals surface area contributed by atoms with Crippen LogP contribution in [0.4, 0.5) is 5.69 Å². The van der Waals surface area contributed by atoms with Crippen LogP contribution in [-0.2, 0) is 21.7 Å². The fourth-order valence-corrected chi connectivity index (χ4v) is 11.1. The second kappa shape index (κ2) is 16.8. The van der Waals surface area contributed by atoms with Crippen molar-refractivity contribution in [1.29, 1.82) is 0 Å². The summed E-state index contributed by atoms with van der Waals surface area (Å²) in [6.45, 7) is 34.3. The summed E-state index contributed by atoms with van der Waals surface area (Å²) in [7, 11) is -1.63.